The van der Waals surface area contributed by atoms with Crippen LogP contribution in [0.1, 0.15) is 0 Å². The van der Waals surface area contributed by atoms with Gasteiger partial charge in [0, 0.05) is 0 Å². The molecule has 6 heteroatoms. The van der Waals surface area contributed by atoms with Crippen LogP contribution >= 0.6 is 0 Å². The molecule has 1 atom stereocenters. The van der Waals surface area contributed by atoms with Crippen molar-refractivity contribution in [2.75, 3.05) is 7.11 Å². The van der Waals surface area contributed by atoms with Crippen molar-refractivity contribution < 1.29 is 48.0 Å². The molecule has 0 rings (SSSR count). The second-order valence-electron chi connectivity index (χ2n) is 0.217. The fourth-order valence-electron chi connectivity index (χ4n) is 0. The van der Waals surface area contributed by atoms with Crippen LogP contribution in [0.15, 0.2) is 0 Å². The van der Waals surface area contributed by atoms with E-state index < -0.39 is 11.4 Å². The molecule has 0 aliphatic heterocycles. The van der Waals surface area contributed by atoms with Crippen LogP contribution in [0.3, 0.4) is 0 Å². The summed E-state index contributed by atoms with van der Waals surface area (Å²) >= 11 is -2.86. The Balaban J connectivity index is -0.0000000480. The summed E-state index contributed by atoms with van der Waals surface area (Å²) in [5, 5.41) is 8.25. The van der Waals surface area contributed by atoms with Gasteiger partial charge in [-0.1, -0.05) is 0 Å². The second-order valence-corrected chi connectivity index (χ2v) is 0.651. The molecular weight excluding hydrogens is 131 g/mol. The van der Waals surface area contributed by atoms with Crippen LogP contribution in [0.5, 0.6) is 0 Å². The number of rotatable bonds is 0. The summed E-state index contributed by atoms with van der Waals surface area (Å²) in [5.41, 5.74) is 0. The summed E-state index contributed by atoms with van der Waals surface area (Å²) in [6, 6.07) is 0. The van der Waals surface area contributed by atoms with Crippen LogP contribution in [-0.4, -0.2) is 20.4 Å². The zero-order valence-electron chi connectivity index (χ0n) is 4.08. The van der Waals surface area contributed by atoms with Gasteiger partial charge in [0.1, 0.15) is 0 Å². The van der Waals surface area contributed by atoms with E-state index in [4.69, 9.17) is 18.4 Å². The van der Waals surface area contributed by atoms with E-state index in [1.807, 2.05) is 0 Å². The third-order valence-corrected chi connectivity index (χ3v) is 0. The topological polar surface area (TPSA) is 83.4 Å². The zero-order valence-corrected chi connectivity index (χ0v) is 6.90. The molecule has 40 valence electrons. The predicted octanol–water partition coefficient (Wildman–Crippen LogP) is -4.68. The van der Waals surface area contributed by atoms with Gasteiger partial charge in [0.05, 0.1) is 11.4 Å². The quantitative estimate of drug-likeness (QED) is 0.267. The molecule has 0 heterocycles. The Morgan fingerprint density at radius 3 is 1.57 bits per heavy atom. The molecule has 1 N–H and O–H groups in total. The van der Waals surface area contributed by atoms with E-state index in [9.17, 15) is 0 Å². The molecule has 0 fully saturated rings. The summed E-state index contributed by atoms with van der Waals surface area (Å²) in [4.78, 5) is 0. The van der Waals surface area contributed by atoms with Gasteiger partial charge in [-0.05, 0) is 0 Å². The van der Waals surface area contributed by atoms with Gasteiger partial charge in [-0.25, -0.2) is 4.21 Å². The van der Waals surface area contributed by atoms with Crippen LogP contribution in [0, 0.1) is 0 Å². The summed E-state index contributed by atoms with van der Waals surface area (Å²) in [5.74, 6) is 0. The van der Waals surface area contributed by atoms with Gasteiger partial charge >= 0.3 is 29.6 Å². The first-order valence-corrected chi connectivity index (χ1v) is 1.96. The maximum Gasteiger partial charge on any atom is 1.00 e. The van der Waals surface area contributed by atoms with Gasteiger partial charge in [-0.3, -0.25) is 0 Å². The Bertz CT molecular complexity index is 34.7. The van der Waals surface area contributed by atoms with Crippen molar-refractivity contribution in [3.63, 3.8) is 0 Å². The molecule has 7 heavy (non-hydrogen) atoms. The molecule has 0 aliphatic rings. The molecule has 0 aliphatic carbocycles. The first-order chi connectivity index (χ1) is 2.73. The minimum Gasteiger partial charge on any atom is -0.857 e. The molecule has 0 spiro atoms. The van der Waals surface area contributed by atoms with Crippen molar-refractivity contribution in [3.8, 4) is 0 Å². The fraction of sp³-hybridized carbons (Fsp3) is 1.00. The van der Waals surface area contributed by atoms with Crippen molar-refractivity contribution in [2.24, 2.45) is 0 Å². The Morgan fingerprint density at radius 2 is 1.57 bits per heavy atom. The first-order valence-electron chi connectivity index (χ1n) is 0.924. The Hall–Kier alpha value is 1.03. The standard InChI is InChI=1S/CH3O.Na.H2O3S/c1-2;;1-4(2)3/h1H3;;(H2,1,2,3)/q-1;+1;/p-1. The minimum atomic E-state index is -2.86. The maximum absolute atomic E-state index is 8.56. The number of hydrogen-bond acceptors (Lipinski definition) is 3. The average molecular weight is 135 g/mol. The van der Waals surface area contributed by atoms with E-state index >= 15 is 0 Å². The van der Waals surface area contributed by atoms with Crippen LogP contribution < -0.4 is 34.7 Å². The van der Waals surface area contributed by atoms with Gasteiger partial charge in [-0.15, -0.1) is 0 Å². The van der Waals surface area contributed by atoms with Crippen molar-refractivity contribution in [2.45, 2.75) is 0 Å². The minimum absolute atomic E-state index is 0. The predicted molar refractivity (Wildman–Crippen MR) is 17.5 cm³/mol. The SMILES string of the molecule is C[O-].O=S([O-])O.[Na+]. The van der Waals surface area contributed by atoms with Crippen LogP contribution in [0.2, 0.25) is 0 Å². The van der Waals surface area contributed by atoms with E-state index in [0.717, 1.165) is 7.11 Å². The average Bonchev–Trinajstić information content (AvgIpc) is 1.41. The largest absolute Gasteiger partial charge is 1.00 e. The van der Waals surface area contributed by atoms with Crippen molar-refractivity contribution in [1.29, 1.82) is 0 Å². The molecule has 0 saturated heterocycles. The molecule has 0 aromatic heterocycles. The number of hydrogen-bond donors (Lipinski definition) is 1. The second kappa shape index (κ2) is 15.7. The summed E-state index contributed by atoms with van der Waals surface area (Å²) in [6.07, 6.45) is 0. The summed E-state index contributed by atoms with van der Waals surface area (Å²) < 4.78 is 24.1. The smallest absolute Gasteiger partial charge is 0.857 e. The van der Waals surface area contributed by atoms with Gasteiger partial charge in [0.2, 0.25) is 0 Å². The van der Waals surface area contributed by atoms with Crippen LogP contribution in [-0.2, 0) is 11.4 Å². The van der Waals surface area contributed by atoms with Crippen molar-refractivity contribution in [3.05, 3.63) is 0 Å². The van der Waals surface area contributed by atoms with Crippen LogP contribution in [0.4, 0.5) is 0 Å². The first kappa shape index (κ1) is 15.7. The fourth-order valence-corrected chi connectivity index (χ4v) is 0. The summed E-state index contributed by atoms with van der Waals surface area (Å²) in [7, 11) is 0.750. The Kier molecular flexibility index (Phi) is 35.3. The van der Waals surface area contributed by atoms with E-state index in [1.54, 1.807) is 0 Å². The molecule has 0 bridgehead atoms. The van der Waals surface area contributed by atoms with Gasteiger partial charge < -0.3 is 14.2 Å². The zero-order chi connectivity index (χ0) is 5.58. The van der Waals surface area contributed by atoms with E-state index in [-0.39, 0.29) is 29.6 Å². The normalized spacial score (nSPS) is 9.71. The van der Waals surface area contributed by atoms with Gasteiger partial charge in [-0.2, -0.15) is 7.11 Å². The molecule has 0 aromatic rings. The molecule has 0 radical (unpaired) electrons. The van der Waals surface area contributed by atoms with Crippen LogP contribution in [0.25, 0.3) is 0 Å². The van der Waals surface area contributed by atoms with E-state index in [0.29, 0.717) is 0 Å². The van der Waals surface area contributed by atoms with Gasteiger partial charge in [0.15, 0.2) is 0 Å². The molecular formula is CH4NaO4S-. The molecule has 0 saturated carbocycles. The van der Waals surface area contributed by atoms with Gasteiger partial charge in [0.25, 0.3) is 0 Å². The third kappa shape index (κ3) is 168. The monoisotopic (exact) mass is 135 g/mol. The molecule has 4 nitrogen and oxygen atoms in total. The summed E-state index contributed by atoms with van der Waals surface area (Å²) in [6.45, 7) is 0. The molecule has 0 amide bonds. The maximum atomic E-state index is 8.56. The van der Waals surface area contributed by atoms with E-state index in [1.165, 1.54) is 0 Å². The third-order valence-electron chi connectivity index (χ3n) is 0. The molecule has 1 unspecified atom stereocenters. The molecule has 0 aromatic carbocycles. The van der Waals surface area contributed by atoms with Crippen molar-refractivity contribution in [1.82, 2.24) is 0 Å². The van der Waals surface area contributed by atoms with Crippen molar-refractivity contribution >= 4 is 11.4 Å². The Labute approximate surface area is 66.3 Å². The Morgan fingerprint density at radius 1 is 1.57 bits per heavy atom. The van der Waals surface area contributed by atoms with E-state index in [2.05, 4.69) is 0 Å².